The third-order valence-electron chi connectivity index (χ3n) is 2.61. The number of hydrogen-bond donors (Lipinski definition) is 0. The number of benzene rings is 1. The summed E-state index contributed by atoms with van der Waals surface area (Å²) in [6.45, 7) is 4.60. The van der Waals surface area contributed by atoms with Gasteiger partial charge >= 0.3 is 0 Å². The number of para-hydroxylation sites is 1. The van der Waals surface area contributed by atoms with E-state index in [9.17, 15) is 0 Å². The van der Waals surface area contributed by atoms with E-state index in [-0.39, 0.29) is 0 Å². The molecule has 0 aliphatic carbocycles. The zero-order valence-electron chi connectivity index (χ0n) is 7.89. The van der Waals surface area contributed by atoms with Crippen LogP contribution in [0.3, 0.4) is 0 Å². The summed E-state index contributed by atoms with van der Waals surface area (Å²) in [5.41, 5.74) is 2.76. The van der Waals surface area contributed by atoms with Crippen molar-refractivity contribution < 1.29 is 0 Å². The van der Waals surface area contributed by atoms with Gasteiger partial charge in [0, 0.05) is 17.6 Å². The van der Waals surface area contributed by atoms with Crippen LogP contribution < -0.4 is 4.90 Å². The Balaban J connectivity index is 2.37. The molecule has 0 aromatic heterocycles. The number of nitrogens with zero attached hydrogens (tertiary/aromatic N) is 1. The summed E-state index contributed by atoms with van der Waals surface area (Å²) in [6, 6.07) is 6.40. The van der Waals surface area contributed by atoms with Crippen molar-refractivity contribution in [2.75, 3.05) is 18.0 Å². The van der Waals surface area contributed by atoms with Crippen molar-refractivity contribution in [3.05, 3.63) is 28.2 Å². The highest BCUT2D eigenvalue weighted by molar-refractivity contribution is 9.10. The standard InChI is InChI=1S/C11H14BrN/c1-9-5-4-6-10(12)11(9)13-7-2-3-8-13/h4-6H,2-3,7-8H2,1H3. The van der Waals surface area contributed by atoms with Crippen LogP contribution in [0.4, 0.5) is 5.69 Å². The quantitative estimate of drug-likeness (QED) is 0.727. The van der Waals surface area contributed by atoms with Gasteiger partial charge in [0.1, 0.15) is 0 Å². The molecule has 70 valence electrons. The fraction of sp³-hybridized carbons (Fsp3) is 0.455. The normalized spacial score (nSPS) is 16.6. The summed E-state index contributed by atoms with van der Waals surface area (Å²) in [7, 11) is 0. The summed E-state index contributed by atoms with van der Waals surface area (Å²) >= 11 is 3.62. The van der Waals surface area contributed by atoms with E-state index in [1.807, 2.05) is 0 Å². The summed E-state index contributed by atoms with van der Waals surface area (Å²) in [6.07, 6.45) is 2.67. The number of anilines is 1. The monoisotopic (exact) mass is 239 g/mol. The Morgan fingerprint density at radius 3 is 2.54 bits per heavy atom. The molecule has 1 fully saturated rings. The van der Waals surface area contributed by atoms with Crippen LogP contribution in [0.5, 0.6) is 0 Å². The van der Waals surface area contributed by atoms with Gasteiger partial charge in [0.05, 0.1) is 5.69 Å². The predicted molar refractivity (Wildman–Crippen MR) is 60.3 cm³/mol. The van der Waals surface area contributed by atoms with Crippen LogP contribution in [-0.4, -0.2) is 13.1 Å². The summed E-state index contributed by atoms with van der Waals surface area (Å²) < 4.78 is 1.23. The van der Waals surface area contributed by atoms with E-state index in [2.05, 4.69) is 46.0 Å². The van der Waals surface area contributed by atoms with Crippen molar-refractivity contribution >= 4 is 21.6 Å². The second-order valence-corrected chi connectivity index (χ2v) is 4.45. The van der Waals surface area contributed by atoms with Crippen molar-refractivity contribution in [3.8, 4) is 0 Å². The molecular weight excluding hydrogens is 226 g/mol. The van der Waals surface area contributed by atoms with Gasteiger partial charge in [0.2, 0.25) is 0 Å². The Kier molecular flexibility index (Phi) is 2.58. The number of rotatable bonds is 1. The van der Waals surface area contributed by atoms with Gasteiger partial charge in [-0.15, -0.1) is 0 Å². The highest BCUT2D eigenvalue weighted by Crippen LogP contribution is 2.31. The molecule has 1 aromatic carbocycles. The molecule has 1 aromatic rings. The molecule has 1 aliphatic heterocycles. The maximum Gasteiger partial charge on any atom is 0.0540 e. The van der Waals surface area contributed by atoms with E-state index in [0.717, 1.165) is 0 Å². The van der Waals surface area contributed by atoms with Crippen LogP contribution >= 0.6 is 15.9 Å². The highest BCUT2D eigenvalue weighted by Gasteiger charge is 2.16. The van der Waals surface area contributed by atoms with Crippen LogP contribution in [0.1, 0.15) is 18.4 Å². The first kappa shape index (κ1) is 9.07. The van der Waals surface area contributed by atoms with Crippen molar-refractivity contribution in [2.24, 2.45) is 0 Å². The largest absolute Gasteiger partial charge is 0.370 e. The number of aryl methyl sites for hydroxylation is 1. The fourth-order valence-corrected chi connectivity index (χ4v) is 2.68. The van der Waals surface area contributed by atoms with Crippen LogP contribution in [0.25, 0.3) is 0 Å². The molecular formula is C11H14BrN. The minimum Gasteiger partial charge on any atom is -0.370 e. The maximum absolute atomic E-state index is 3.62. The minimum absolute atomic E-state index is 1.21. The van der Waals surface area contributed by atoms with Crippen molar-refractivity contribution in [1.82, 2.24) is 0 Å². The Morgan fingerprint density at radius 2 is 1.92 bits per heavy atom. The Morgan fingerprint density at radius 1 is 1.23 bits per heavy atom. The highest BCUT2D eigenvalue weighted by atomic mass is 79.9. The lowest BCUT2D eigenvalue weighted by Gasteiger charge is -2.21. The lowest BCUT2D eigenvalue weighted by Crippen LogP contribution is -2.19. The third kappa shape index (κ3) is 1.73. The van der Waals surface area contributed by atoms with Gasteiger partial charge < -0.3 is 4.90 Å². The molecule has 1 aliphatic rings. The summed E-state index contributed by atoms with van der Waals surface area (Å²) in [5, 5.41) is 0. The molecule has 0 saturated carbocycles. The van der Waals surface area contributed by atoms with Gasteiger partial charge in [-0.2, -0.15) is 0 Å². The smallest absolute Gasteiger partial charge is 0.0540 e. The molecule has 0 bridgehead atoms. The molecule has 0 atom stereocenters. The van der Waals surface area contributed by atoms with E-state index in [4.69, 9.17) is 0 Å². The van der Waals surface area contributed by atoms with Crippen molar-refractivity contribution in [1.29, 1.82) is 0 Å². The lowest BCUT2D eigenvalue weighted by molar-refractivity contribution is 0.949. The third-order valence-corrected chi connectivity index (χ3v) is 3.25. The van der Waals surface area contributed by atoms with Crippen molar-refractivity contribution in [3.63, 3.8) is 0 Å². The molecule has 13 heavy (non-hydrogen) atoms. The van der Waals surface area contributed by atoms with Crippen LogP contribution in [0.2, 0.25) is 0 Å². The lowest BCUT2D eigenvalue weighted by atomic mass is 10.2. The molecule has 0 radical (unpaired) electrons. The van der Waals surface area contributed by atoms with Crippen molar-refractivity contribution in [2.45, 2.75) is 19.8 Å². The molecule has 0 unspecified atom stereocenters. The molecule has 2 heteroatoms. The molecule has 0 spiro atoms. The maximum atomic E-state index is 3.62. The molecule has 1 nitrogen and oxygen atoms in total. The average molecular weight is 240 g/mol. The Hall–Kier alpha value is -0.500. The summed E-state index contributed by atoms with van der Waals surface area (Å²) in [4.78, 5) is 2.47. The zero-order valence-corrected chi connectivity index (χ0v) is 9.47. The van der Waals surface area contributed by atoms with E-state index in [1.54, 1.807) is 0 Å². The first-order valence-corrected chi connectivity index (χ1v) is 5.58. The second-order valence-electron chi connectivity index (χ2n) is 3.60. The number of hydrogen-bond acceptors (Lipinski definition) is 1. The Bertz CT molecular complexity index is 283. The van der Waals surface area contributed by atoms with Gasteiger partial charge in [-0.05, 0) is 47.3 Å². The molecule has 0 N–H and O–H groups in total. The van der Waals surface area contributed by atoms with Crippen LogP contribution in [0.15, 0.2) is 22.7 Å². The SMILES string of the molecule is Cc1cccc(Br)c1N1CCCC1. The van der Waals surface area contributed by atoms with Crippen LogP contribution in [-0.2, 0) is 0 Å². The Labute approximate surface area is 87.9 Å². The van der Waals surface area contributed by atoms with Gasteiger partial charge in [-0.25, -0.2) is 0 Å². The predicted octanol–water partition coefficient (Wildman–Crippen LogP) is 3.36. The first-order valence-electron chi connectivity index (χ1n) is 4.79. The minimum atomic E-state index is 1.21. The van der Waals surface area contributed by atoms with E-state index < -0.39 is 0 Å². The van der Waals surface area contributed by atoms with Gasteiger partial charge in [-0.3, -0.25) is 0 Å². The number of halogens is 1. The van der Waals surface area contributed by atoms with Gasteiger partial charge in [0.25, 0.3) is 0 Å². The zero-order chi connectivity index (χ0) is 9.26. The first-order chi connectivity index (χ1) is 6.29. The van der Waals surface area contributed by atoms with E-state index >= 15 is 0 Å². The average Bonchev–Trinajstić information content (AvgIpc) is 2.57. The van der Waals surface area contributed by atoms with E-state index in [1.165, 1.54) is 41.7 Å². The molecule has 1 heterocycles. The summed E-state index contributed by atoms with van der Waals surface area (Å²) in [5.74, 6) is 0. The topological polar surface area (TPSA) is 3.24 Å². The fourth-order valence-electron chi connectivity index (χ4n) is 1.96. The van der Waals surface area contributed by atoms with Gasteiger partial charge in [-0.1, -0.05) is 12.1 Å². The van der Waals surface area contributed by atoms with E-state index in [0.29, 0.717) is 0 Å². The molecule has 1 saturated heterocycles. The molecule has 0 amide bonds. The van der Waals surface area contributed by atoms with Gasteiger partial charge in [0.15, 0.2) is 0 Å². The second kappa shape index (κ2) is 3.70. The molecule has 2 rings (SSSR count). The van der Waals surface area contributed by atoms with Crippen LogP contribution in [0, 0.1) is 6.92 Å².